The zero-order chi connectivity index (χ0) is 16.2. The molecular weight excluding hydrogens is 304 g/mol. The van der Waals surface area contributed by atoms with E-state index in [-0.39, 0.29) is 17.6 Å². The van der Waals surface area contributed by atoms with Crippen LogP contribution in [0.25, 0.3) is 0 Å². The largest absolute Gasteiger partial charge is 0.354 e. The molecular formula is C15H20N2O4S. The van der Waals surface area contributed by atoms with Crippen molar-refractivity contribution in [1.29, 1.82) is 0 Å². The van der Waals surface area contributed by atoms with E-state index in [1.54, 1.807) is 24.3 Å². The summed E-state index contributed by atoms with van der Waals surface area (Å²) in [5.74, 6) is -0.645. The quantitative estimate of drug-likeness (QED) is 0.849. The third-order valence-electron chi connectivity index (χ3n) is 3.46. The first-order valence-electron chi connectivity index (χ1n) is 7.20. The number of rotatable bonds is 4. The van der Waals surface area contributed by atoms with Gasteiger partial charge >= 0.3 is 0 Å². The van der Waals surface area contributed by atoms with Gasteiger partial charge in [-0.3, -0.25) is 9.59 Å². The number of nitrogens with one attached hydrogen (secondary N) is 2. The van der Waals surface area contributed by atoms with Gasteiger partial charge in [0.15, 0.2) is 9.84 Å². The van der Waals surface area contributed by atoms with Gasteiger partial charge in [-0.25, -0.2) is 8.42 Å². The molecule has 1 aliphatic rings. The van der Waals surface area contributed by atoms with Gasteiger partial charge in [0.2, 0.25) is 5.91 Å². The standard InChI is InChI=1S/C15H20N2O4S/c1-22(20,21)10-11-5-4-6-12(9-11)14(18)17-13-7-2-3-8-16-15(13)19/h4-6,9,13H,2-3,7-8,10H2,1H3,(H,16,19)(H,17,18). The van der Waals surface area contributed by atoms with Crippen molar-refractivity contribution in [2.45, 2.75) is 31.1 Å². The zero-order valence-electron chi connectivity index (χ0n) is 12.5. The Bertz CT molecular complexity index is 670. The van der Waals surface area contributed by atoms with Crippen LogP contribution in [-0.2, 0) is 20.4 Å². The first-order valence-corrected chi connectivity index (χ1v) is 9.26. The predicted molar refractivity (Wildman–Crippen MR) is 83.1 cm³/mol. The van der Waals surface area contributed by atoms with Gasteiger partial charge < -0.3 is 10.6 Å². The van der Waals surface area contributed by atoms with E-state index in [0.29, 0.717) is 24.1 Å². The molecule has 1 saturated heterocycles. The average Bonchev–Trinajstić information content (AvgIpc) is 2.62. The summed E-state index contributed by atoms with van der Waals surface area (Å²) in [7, 11) is -3.16. The molecule has 0 bridgehead atoms. The third kappa shape index (κ3) is 4.84. The van der Waals surface area contributed by atoms with E-state index in [1.165, 1.54) is 0 Å². The summed E-state index contributed by atoms with van der Waals surface area (Å²) in [6.07, 6.45) is 3.54. The van der Waals surface area contributed by atoms with E-state index in [4.69, 9.17) is 0 Å². The number of carbonyl (C=O) groups excluding carboxylic acids is 2. The molecule has 1 aromatic rings. The minimum absolute atomic E-state index is 0.113. The molecule has 1 unspecified atom stereocenters. The molecule has 1 aliphatic heterocycles. The van der Waals surface area contributed by atoms with Gasteiger partial charge in [-0.15, -0.1) is 0 Å². The lowest BCUT2D eigenvalue weighted by Crippen LogP contribution is -2.45. The SMILES string of the molecule is CS(=O)(=O)Cc1cccc(C(=O)NC2CCCCNC2=O)c1. The van der Waals surface area contributed by atoms with Crippen LogP contribution in [-0.4, -0.2) is 39.1 Å². The maximum absolute atomic E-state index is 12.2. The van der Waals surface area contributed by atoms with Crippen molar-refractivity contribution in [3.8, 4) is 0 Å². The average molecular weight is 324 g/mol. The normalized spacial score (nSPS) is 19.1. The van der Waals surface area contributed by atoms with Crippen molar-refractivity contribution >= 4 is 21.7 Å². The molecule has 22 heavy (non-hydrogen) atoms. The highest BCUT2D eigenvalue weighted by molar-refractivity contribution is 7.89. The second-order valence-corrected chi connectivity index (χ2v) is 7.72. The molecule has 6 nitrogen and oxygen atoms in total. The Morgan fingerprint density at radius 2 is 2.14 bits per heavy atom. The summed E-state index contributed by atoms with van der Waals surface area (Å²) in [5, 5.41) is 5.48. The Morgan fingerprint density at radius 1 is 1.36 bits per heavy atom. The number of hydrogen-bond donors (Lipinski definition) is 2. The topological polar surface area (TPSA) is 92.3 Å². The molecule has 0 spiro atoms. The van der Waals surface area contributed by atoms with Crippen molar-refractivity contribution < 1.29 is 18.0 Å². The lowest BCUT2D eigenvalue weighted by Gasteiger charge is -2.15. The molecule has 7 heteroatoms. The van der Waals surface area contributed by atoms with Crippen LogP contribution >= 0.6 is 0 Å². The number of sulfone groups is 1. The second kappa shape index (κ2) is 6.91. The lowest BCUT2D eigenvalue weighted by atomic mass is 10.1. The summed E-state index contributed by atoms with van der Waals surface area (Å²) in [6.45, 7) is 0.634. The molecule has 0 aromatic heterocycles. The fourth-order valence-electron chi connectivity index (χ4n) is 2.42. The lowest BCUT2D eigenvalue weighted by molar-refractivity contribution is -0.122. The summed E-state index contributed by atoms with van der Waals surface area (Å²) in [4.78, 5) is 24.1. The molecule has 1 heterocycles. The number of carbonyl (C=O) groups is 2. The molecule has 1 fully saturated rings. The highest BCUT2D eigenvalue weighted by Gasteiger charge is 2.23. The monoisotopic (exact) mass is 324 g/mol. The molecule has 0 aliphatic carbocycles. The fraction of sp³-hybridized carbons (Fsp3) is 0.467. The Balaban J connectivity index is 2.09. The third-order valence-corrected chi connectivity index (χ3v) is 4.32. The summed E-state index contributed by atoms with van der Waals surface area (Å²) < 4.78 is 22.7. The van der Waals surface area contributed by atoms with Crippen LogP contribution in [0.1, 0.15) is 35.2 Å². The molecule has 120 valence electrons. The maximum atomic E-state index is 12.2. The van der Waals surface area contributed by atoms with Crippen LogP contribution in [0.5, 0.6) is 0 Å². The van der Waals surface area contributed by atoms with Gasteiger partial charge in [0.25, 0.3) is 5.91 Å². The van der Waals surface area contributed by atoms with Gasteiger partial charge in [-0.1, -0.05) is 12.1 Å². The van der Waals surface area contributed by atoms with E-state index in [0.717, 1.165) is 19.1 Å². The maximum Gasteiger partial charge on any atom is 0.251 e. The van der Waals surface area contributed by atoms with E-state index in [1.807, 2.05) is 0 Å². The van der Waals surface area contributed by atoms with Gasteiger partial charge in [-0.05, 0) is 37.0 Å². The van der Waals surface area contributed by atoms with Crippen LogP contribution in [0.15, 0.2) is 24.3 Å². The van der Waals surface area contributed by atoms with Gasteiger partial charge in [0, 0.05) is 18.4 Å². The highest BCUT2D eigenvalue weighted by atomic mass is 32.2. The van der Waals surface area contributed by atoms with Crippen LogP contribution in [0.2, 0.25) is 0 Å². The van der Waals surface area contributed by atoms with E-state index in [9.17, 15) is 18.0 Å². The van der Waals surface area contributed by atoms with E-state index >= 15 is 0 Å². The summed E-state index contributed by atoms with van der Waals surface area (Å²) in [6, 6.07) is 5.92. The van der Waals surface area contributed by atoms with Crippen LogP contribution < -0.4 is 10.6 Å². The second-order valence-electron chi connectivity index (χ2n) is 5.58. The Labute approximate surface area is 130 Å². The number of benzene rings is 1. The van der Waals surface area contributed by atoms with E-state index < -0.39 is 15.9 Å². The van der Waals surface area contributed by atoms with Crippen molar-refractivity contribution in [3.05, 3.63) is 35.4 Å². The predicted octanol–water partition coefficient (Wildman–Crippen LogP) is 0.630. The molecule has 1 atom stereocenters. The van der Waals surface area contributed by atoms with Gasteiger partial charge in [0.05, 0.1) is 5.75 Å². The van der Waals surface area contributed by atoms with Gasteiger partial charge in [-0.2, -0.15) is 0 Å². The summed E-state index contributed by atoms with van der Waals surface area (Å²) >= 11 is 0. The van der Waals surface area contributed by atoms with Crippen LogP contribution in [0.3, 0.4) is 0 Å². The molecule has 2 N–H and O–H groups in total. The van der Waals surface area contributed by atoms with Crippen LogP contribution in [0.4, 0.5) is 0 Å². The number of amides is 2. The number of hydrogen-bond acceptors (Lipinski definition) is 4. The minimum Gasteiger partial charge on any atom is -0.354 e. The molecule has 2 rings (SSSR count). The summed E-state index contributed by atoms with van der Waals surface area (Å²) in [5.41, 5.74) is 0.915. The zero-order valence-corrected chi connectivity index (χ0v) is 13.3. The Kier molecular flexibility index (Phi) is 5.18. The van der Waals surface area contributed by atoms with Crippen molar-refractivity contribution in [2.24, 2.45) is 0 Å². The van der Waals surface area contributed by atoms with E-state index in [2.05, 4.69) is 10.6 Å². The van der Waals surface area contributed by atoms with Crippen LogP contribution in [0, 0.1) is 0 Å². The smallest absolute Gasteiger partial charge is 0.251 e. The molecule has 0 saturated carbocycles. The first-order chi connectivity index (χ1) is 10.3. The van der Waals surface area contributed by atoms with Crippen molar-refractivity contribution in [2.75, 3.05) is 12.8 Å². The van der Waals surface area contributed by atoms with Gasteiger partial charge in [0.1, 0.15) is 6.04 Å². The molecule has 1 aromatic carbocycles. The highest BCUT2D eigenvalue weighted by Crippen LogP contribution is 2.11. The Hall–Kier alpha value is -1.89. The fourth-order valence-corrected chi connectivity index (χ4v) is 3.21. The van der Waals surface area contributed by atoms with Crippen molar-refractivity contribution in [1.82, 2.24) is 10.6 Å². The Morgan fingerprint density at radius 3 is 2.86 bits per heavy atom. The first kappa shape index (κ1) is 16.5. The minimum atomic E-state index is -3.16. The molecule has 2 amide bonds. The van der Waals surface area contributed by atoms with Crippen molar-refractivity contribution in [3.63, 3.8) is 0 Å². The molecule has 0 radical (unpaired) electrons.